The van der Waals surface area contributed by atoms with Gasteiger partial charge in [-0.05, 0) is 47.5 Å². The van der Waals surface area contributed by atoms with Crippen LogP contribution >= 0.6 is 0 Å². The first-order chi connectivity index (χ1) is 18.9. The Balaban J connectivity index is 1.28. The lowest BCUT2D eigenvalue weighted by atomic mass is 10.1. The van der Waals surface area contributed by atoms with Gasteiger partial charge in [-0.3, -0.25) is 14.7 Å². The van der Waals surface area contributed by atoms with Crippen LogP contribution in [0.1, 0.15) is 17.4 Å². The van der Waals surface area contributed by atoms with Crippen LogP contribution in [0.2, 0.25) is 0 Å². The zero-order valence-electron chi connectivity index (χ0n) is 20.2. The Bertz CT molecular complexity index is 1490. The molecule has 1 aliphatic rings. The number of benzene rings is 2. The lowest BCUT2D eigenvalue weighted by Gasteiger charge is -2.18. The second-order valence-electron chi connectivity index (χ2n) is 8.62. The third-order valence-corrected chi connectivity index (χ3v) is 6.09. The minimum Gasteiger partial charge on any atom is -0.489 e. The molecule has 1 aliphatic heterocycles. The third-order valence-electron chi connectivity index (χ3n) is 6.09. The number of aromatic nitrogens is 4. The number of nitro groups is 1. The van der Waals surface area contributed by atoms with E-state index in [2.05, 4.69) is 25.5 Å². The molecule has 1 fully saturated rings. The van der Waals surface area contributed by atoms with Crippen LogP contribution in [0.3, 0.4) is 0 Å². The van der Waals surface area contributed by atoms with E-state index in [1.807, 2.05) is 0 Å². The van der Waals surface area contributed by atoms with Crippen molar-refractivity contribution in [1.29, 1.82) is 0 Å². The van der Waals surface area contributed by atoms with E-state index in [9.17, 15) is 25.4 Å². The van der Waals surface area contributed by atoms with Gasteiger partial charge in [-0.15, -0.1) is 0 Å². The van der Waals surface area contributed by atoms with Crippen LogP contribution in [0.5, 0.6) is 5.75 Å². The lowest BCUT2D eigenvalue weighted by molar-refractivity contribution is -0.384. The van der Waals surface area contributed by atoms with Crippen molar-refractivity contribution in [3.8, 4) is 5.75 Å². The molecule has 4 unspecified atom stereocenters. The summed E-state index contributed by atoms with van der Waals surface area (Å²) in [6, 6.07) is 13.2. The largest absolute Gasteiger partial charge is 0.489 e. The number of nitro benzene ring substituents is 1. The maximum absolute atomic E-state index is 10.8. The Morgan fingerprint density at radius 1 is 1.15 bits per heavy atom. The number of hydrogen-bond donors (Lipinski definition) is 5. The van der Waals surface area contributed by atoms with E-state index in [0.29, 0.717) is 5.75 Å². The number of imidazole rings is 1. The van der Waals surface area contributed by atoms with E-state index in [0.717, 1.165) is 11.1 Å². The molecule has 0 saturated carbocycles. The van der Waals surface area contributed by atoms with Crippen molar-refractivity contribution in [3.63, 3.8) is 0 Å². The Morgan fingerprint density at radius 3 is 2.56 bits per heavy atom. The lowest BCUT2D eigenvalue weighted by Crippen LogP contribution is -2.33. The molecule has 3 heterocycles. The number of hydrazone groups is 1. The van der Waals surface area contributed by atoms with Crippen LogP contribution in [-0.4, -0.2) is 70.9 Å². The Kier molecular flexibility index (Phi) is 7.29. The molecule has 15 heteroatoms. The van der Waals surface area contributed by atoms with Crippen LogP contribution in [0.4, 0.5) is 17.5 Å². The number of non-ortho nitro benzene ring substituents is 1. The van der Waals surface area contributed by atoms with Crippen molar-refractivity contribution in [1.82, 2.24) is 19.5 Å². The average molecular weight is 537 g/mol. The smallest absolute Gasteiger partial charge is 0.269 e. The summed E-state index contributed by atoms with van der Waals surface area (Å²) in [5, 5.41) is 45.2. The molecule has 0 bridgehead atoms. The van der Waals surface area contributed by atoms with Crippen LogP contribution in [-0.2, 0) is 11.3 Å². The minimum atomic E-state index is -1.38. The van der Waals surface area contributed by atoms with E-state index in [1.54, 1.807) is 36.4 Å². The number of ether oxygens (including phenoxy) is 2. The van der Waals surface area contributed by atoms with Crippen molar-refractivity contribution in [2.24, 2.45) is 5.10 Å². The SMILES string of the molecule is Nc1ncnc2c1nc(NN=Cc1ccc(OCc3ccc([N+](=O)[O-])cc3)cc1)n2C1OC(CO)C(O)C1O. The van der Waals surface area contributed by atoms with Gasteiger partial charge in [-0.2, -0.15) is 5.10 Å². The first-order valence-electron chi connectivity index (χ1n) is 11.7. The number of anilines is 2. The predicted octanol–water partition coefficient (Wildman–Crippen LogP) is 0.953. The maximum atomic E-state index is 10.8. The number of rotatable bonds is 9. The fraction of sp³-hybridized carbons (Fsp3) is 0.250. The molecular formula is C24H24N8O7. The fourth-order valence-corrected chi connectivity index (χ4v) is 4.03. The number of aliphatic hydroxyl groups excluding tert-OH is 3. The van der Waals surface area contributed by atoms with Gasteiger partial charge in [0.15, 0.2) is 23.2 Å². The zero-order chi connectivity index (χ0) is 27.5. The van der Waals surface area contributed by atoms with Crippen LogP contribution in [0.25, 0.3) is 11.2 Å². The van der Waals surface area contributed by atoms with Gasteiger partial charge in [0.25, 0.3) is 5.69 Å². The molecule has 2 aromatic carbocycles. The monoisotopic (exact) mass is 536 g/mol. The van der Waals surface area contributed by atoms with Gasteiger partial charge in [0.2, 0.25) is 5.95 Å². The number of hydrogen-bond acceptors (Lipinski definition) is 13. The highest BCUT2D eigenvalue weighted by Crippen LogP contribution is 2.35. The molecule has 1 saturated heterocycles. The average Bonchev–Trinajstić information content (AvgIpc) is 3.45. The standard InChI is InChI=1S/C24H24N8O7/c25-21-18-22(27-12-26-21)31(23-20(35)19(34)17(10-33)39-23)24(29-18)30-28-9-13-3-7-16(8-4-13)38-11-14-1-5-15(6-2-14)32(36)37/h1-9,12,17,19-20,23,33-35H,10-11H2,(H,29,30)(H2,25,26,27). The van der Waals surface area contributed by atoms with Crippen LogP contribution in [0.15, 0.2) is 60.0 Å². The molecule has 0 amide bonds. The van der Waals surface area contributed by atoms with Gasteiger partial charge in [0, 0.05) is 12.1 Å². The van der Waals surface area contributed by atoms with Crippen molar-refractivity contribution < 1.29 is 29.7 Å². The molecule has 15 nitrogen and oxygen atoms in total. The molecule has 202 valence electrons. The topological polar surface area (TPSA) is 216 Å². The van der Waals surface area contributed by atoms with Gasteiger partial charge in [-0.1, -0.05) is 0 Å². The van der Waals surface area contributed by atoms with Crippen LogP contribution < -0.4 is 15.9 Å². The molecule has 2 aromatic heterocycles. The van der Waals surface area contributed by atoms with E-state index in [1.165, 1.54) is 29.2 Å². The number of nitrogens with one attached hydrogen (secondary N) is 1. The van der Waals surface area contributed by atoms with E-state index in [-0.39, 0.29) is 35.2 Å². The molecule has 4 atom stereocenters. The van der Waals surface area contributed by atoms with Gasteiger partial charge < -0.3 is 30.5 Å². The third kappa shape index (κ3) is 5.32. The summed E-state index contributed by atoms with van der Waals surface area (Å²) in [6.07, 6.45) is -2.07. The van der Waals surface area contributed by atoms with Gasteiger partial charge >= 0.3 is 0 Å². The summed E-state index contributed by atoms with van der Waals surface area (Å²) in [5.74, 6) is 0.812. The Morgan fingerprint density at radius 2 is 1.90 bits per heavy atom. The molecule has 5 rings (SSSR count). The summed E-state index contributed by atoms with van der Waals surface area (Å²) >= 11 is 0. The molecule has 4 aromatic rings. The van der Waals surface area contributed by atoms with Crippen LogP contribution in [0, 0.1) is 10.1 Å². The first kappa shape index (κ1) is 25.9. The van der Waals surface area contributed by atoms with E-state index in [4.69, 9.17) is 15.2 Å². The normalized spacial score (nSPS) is 21.0. The first-order valence-corrected chi connectivity index (χ1v) is 11.7. The van der Waals surface area contributed by atoms with Crippen molar-refractivity contribution in [2.45, 2.75) is 31.1 Å². The summed E-state index contributed by atoms with van der Waals surface area (Å²) in [5.41, 5.74) is 10.7. The molecule has 6 N–H and O–H groups in total. The summed E-state index contributed by atoms with van der Waals surface area (Å²) in [6.45, 7) is -0.247. The summed E-state index contributed by atoms with van der Waals surface area (Å²) in [7, 11) is 0. The fourth-order valence-electron chi connectivity index (χ4n) is 4.03. The zero-order valence-corrected chi connectivity index (χ0v) is 20.2. The number of aliphatic hydroxyl groups is 3. The number of nitrogens with two attached hydrogens (primary N) is 1. The number of fused-ring (bicyclic) bond motifs is 1. The highest BCUT2D eigenvalue weighted by molar-refractivity contribution is 5.84. The predicted molar refractivity (Wildman–Crippen MR) is 138 cm³/mol. The number of nitrogens with zero attached hydrogens (tertiary/aromatic N) is 6. The van der Waals surface area contributed by atoms with E-state index < -0.39 is 36.1 Å². The summed E-state index contributed by atoms with van der Waals surface area (Å²) in [4.78, 5) is 22.8. The molecule has 0 aliphatic carbocycles. The van der Waals surface area contributed by atoms with Gasteiger partial charge in [-0.25, -0.2) is 20.4 Å². The Hall–Kier alpha value is -4.70. The van der Waals surface area contributed by atoms with Crippen molar-refractivity contribution >= 4 is 34.8 Å². The van der Waals surface area contributed by atoms with Gasteiger partial charge in [0.1, 0.15) is 37.0 Å². The second-order valence-corrected chi connectivity index (χ2v) is 8.62. The minimum absolute atomic E-state index is 0.0156. The maximum Gasteiger partial charge on any atom is 0.269 e. The highest BCUT2D eigenvalue weighted by Gasteiger charge is 2.45. The molecule has 39 heavy (non-hydrogen) atoms. The number of nitrogen functional groups attached to an aromatic ring is 1. The molecular weight excluding hydrogens is 512 g/mol. The molecule has 0 spiro atoms. The highest BCUT2D eigenvalue weighted by atomic mass is 16.6. The van der Waals surface area contributed by atoms with Gasteiger partial charge in [0.05, 0.1) is 17.7 Å². The summed E-state index contributed by atoms with van der Waals surface area (Å²) < 4.78 is 12.8. The molecule has 0 radical (unpaired) electrons. The van der Waals surface area contributed by atoms with Crippen molar-refractivity contribution in [2.75, 3.05) is 17.8 Å². The van der Waals surface area contributed by atoms with Crippen molar-refractivity contribution in [3.05, 3.63) is 76.1 Å². The Labute approximate surface area is 220 Å². The quantitative estimate of drug-likeness (QED) is 0.115. The van der Waals surface area contributed by atoms with E-state index >= 15 is 0 Å². The second kappa shape index (κ2) is 11.0.